The Hall–Kier alpha value is -3.07. The maximum Gasteiger partial charge on any atom is 0.238 e. The third kappa shape index (κ3) is 4.23. The van der Waals surface area contributed by atoms with E-state index in [0.717, 1.165) is 40.6 Å². The van der Waals surface area contributed by atoms with Crippen LogP contribution in [0.2, 0.25) is 0 Å². The number of nitrogens with two attached hydrogens (primary N) is 1. The number of hydrogen-bond acceptors (Lipinski definition) is 5. The minimum absolute atomic E-state index is 0.0830. The number of likely N-dealkylation sites (tertiary alicyclic amines) is 1. The van der Waals surface area contributed by atoms with E-state index in [1.54, 1.807) is 12.1 Å². The lowest BCUT2D eigenvalue weighted by molar-refractivity contribution is 0.118. The first-order chi connectivity index (χ1) is 17.3. The second-order valence-corrected chi connectivity index (χ2v) is 12.0. The third-order valence-electron chi connectivity index (χ3n) is 8.16. The van der Waals surface area contributed by atoms with Gasteiger partial charge in [-0.3, -0.25) is 10.00 Å². The predicted molar refractivity (Wildman–Crippen MR) is 142 cm³/mol. The van der Waals surface area contributed by atoms with Crippen molar-refractivity contribution >= 4 is 21.1 Å². The number of pyridine rings is 1. The number of primary sulfonamides is 1. The summed E-state index contributed by atoms with van der Waals surface area (Å²) < 4.78 is 23.2. The first kappa shape index (κ1) is 23.3. The van der Waals surface area contributed by atoms with E-state index in [2.05, 4.69) is 51.3 Å². The predicted octanol–water partition coefficient (Wildman–Crippen LogP) is 4.67. The molecule has 0 spiro atoms. The van der Waals surface area contributed by atoms with E-state index in [1.807, 2.05) is 6.20 Å². The summed E-state index contributed by atoms with van der Waals surface area (Å²) in [5, 5.41) is 13.6. The first-order valence-corrected chi connectivity index (χ1v) is 14.2. The maximum absolute atomic E-state index is 11.6. The molecule has 1 unspecified atom stereocenters. The van der Waals surface area contributed by atoms with Gasteiger partial charge >= 0.3 is 0 Å². The average Bonchev–Trinajstić information content (AvgIpc) is 3.53. The van der Waals surface area contributed by atoms with Crippen molar-refractivity contribution in [3.8, 4) is 22.4 Å². The zero-order valence-corrected chi connectivity index (χ0v) is 21.3. The van der Waals surface area contributed by atoms with Gasteiger partial charge in [-0.25, -0.2) is 18.5 Å². The second kappa shape index (κ2) is 8.80. The number of hydrogen-bond donors (Lipinski definition) is 2. The SMILES string of the molecule is CC1(N2CCCC2)CCc2ccc(-c3cnc4n[nH]c(-c5ccc(S(N)(=O)=O)cc5)c4c3)cc2CC1. The number of aryl methyl sites for hydroxylation is 2. The molecular weight excluding hydrogens is 470 g/mol. The molecule has 1 aliphatic heterocycles. The summed E-state index contributed by atoms with van der Waals surface area (Å²) in [5.41, 5.74) is 7.66. The molecule has 0 bridgehead atoms. The van der Waals surface area contributed by atoms with Crippen molar-refractivity contribution in [2.75, 3.05) is 13.1 Å². The van der Waals surface area contributed by atoms with E-state index < -0.39 is 10.0 Å². The van der Waals surface area contributed by atoms with Gasteiger partial charge in [0.1, 0.15) is 0 Å². The van der Waals surface area contributed by atoms with Crippen LogP contribution in [0.5, 0.6) is 0 Å². The molecule has 36 heavy (non-hydrogen) atoms. The van der Waals surface area contributed by atoms with E-state index in [9.17, 15) is 8.42 Å². The molecule has 7 nitrogen and oxygen atoms in total. The summed E-state index contributed by atoms with van der Waals surface area (Å²) >= 11 is 0. The molecule has 2 aliphatic rings. The molecule has 3 N–H and O–H groups in total. The molecule has 4 aromatic rings. The molecule has 0 saturated carbocycles. The van der Waals surface area contributed by atoms with Gasteiger partial charge in [0.2, 0.25) is 10.0 Å². The Morgan fingerprint density at radius 2 is 1.61 bits per heavy atom. The van der Waals surface area contributed by atoms with Crippen LogP contribution < -0.4 is 5.14 Å². The fourth-order valence-corrected chi connectivity index (χ4v) is 6.39. The minimum atomic E-state index is -3.74. The maximum atomic E-state index is 11.6. The van der Waals surface area contributed by atoms with Crippen molar-refractivity contribution in [1.82, 2.24) is 20.1 Å². The van der Waals surface area contributed by atoms with Crippen LogP contribution in [-0.4, -0.2) is 47.1 Å². The van der Waals surface area contributed by atoms with Crippen molar-refractivity contribution in [2.24, 2.45) is 5.14 Å². The number of benzene rings is 2. The zero-order chi connectivity index (χ0) is 24.9. The highest BCUT2D eigenvalue weighted by molar-refractivity contribution is 7.89. The zero-order valence-electron chi connectivity index (χ0n) is 20.5. The number of nitrogens with one attached hydrogen (secondary N) is 1. The van der Waals surface area contributed by atoms with Crippen LogP contribution in [0, 0.1) is 0 Å². The molecule has 3 heterocycles. The molecule has 2 aromatic heterocycles. The summed E-state index contributed by atoms with van der Waals surface area (Å²) in [6, 6.07) is 15.5. The molecule has 0 radical (unpaired) electrons. The van der Waals surface area contributed by atoms with E-state index in [4.69, 9.17) is 5.14 Å². The summed E-state index contributed by atoms with van der Waals surface area (Å²) in [6.07, 6.45) is 9.17. The van der Waals surface area contributed by atoms with Gasteiger partial charge in [0.05, 0.1) is 10.6 Å². The Labute approximate surface area is 211 Å². The van der Waals surface area contributed by atoms with E-state index in [0.29, 0.717) is 11.2 Å². The van der Waals surface area contributed by atoms with Gasteiger partial charge in [0.25, 0.3) is 0 Å². The number of rotatable bonds is 4. The molecule has 8 heteroatoms. The quantitative estimate of drug-likeness (QED) is 0.395. The van der Waals surface area contributed by atoms with E-state index in [1.165, 1.54) is 62.0 Å². The van der Waals surface area contributed by atoms with Gasteiger partial charge in [-0.1, -0.05) is 30.3 Å². The van der Waals surface area contributed by atoms with Gasteiger partial charge in [-0.05, 0) is 93.4 Å². The molecule has 1 saturated heterocycles. The minimum Gasteiger partial charge on any atom is -0.298 e. The highest BCUT2D eigenvalue weighted by Gasteiger charge is 2.34. The topological polar surface area (TPSA) is 105 Å². The van der Waals surface area contributed by atoms with Crippen LogP contribution in [0.15, 0.2) is 59.6 Å². The molecule has 186 valence electrons. The molecule has 1 atom stereocenters. The average molecular weight is 502 g/mol. The summed E-state index contributed by atoms with van der Waals surface area (Å²) in [6.45, 7) is 4.93. The Morgan fingerprint density at radius 1 is 0.917 bits per heavy atom. The van der Waals surface area contributed by atoms with Gasteiger partial charge in [0, 0.05) is 28.2 Å². The number of H-pyrrole nitrogens is 1. The fourth-order valence-electron chi connectivity index (χ4n) is 5.88. The molecular formula is C28H31N5O2S. The highest BCUT2D eigenvalue weighted by Crippen LogP contribution is 2.36. The van der Waals surface area contributed by atoms with E-state index >= 15 is 0 Å². The van der Waals surface area contributed by atoms with Crippen LogP contribution >= 0.6 is 0 Å². The largest absolute Gasteiger partial charge is 0.298 e. The van der Waals surface area contributed by atoms with Crippen LogP contribution in [0.4, 0.5) is 0 Å². The molecule has 0 amide bonds. The summed E-state index contributed by atoms with van der Waals surface area (Å²) in [7, 11) is -3.74. The Balaban J connectivity index is 1.31. The highest BCUT2D eigenvalue weighted by atomic mass is 32.2. The standard InChI is InChI=1S/C28H31N5O2S/c1-28(33-14-2-3-15-33)12-10-19-4-5-21(16-22(19)11-13-28)23-17-25-26(31-32-27(25)30-18-23)20-6-8-24(9-7-20)36(29,34)35/h4-9,16-18H,2-3,10-15H2,1H3,(H2,29,34,35)(H,30,31,32). The number of aromatic amines is 1. The number of aromatic nitrogens is 3. The fraction of sp³-hybridized carbons (Fsp3) is 0.357. The van der Waals surface area contributed by atoms with Gasteiger partial charge < -0.3 is 0 Å². The summed E-state index contributed by atoms with van der Waals surface area (Å²) in [4.78, 5) is 7.40. The van der Waals surface area contributed by atoms with Crippen molar-refractivity contribution < 1.29 is 8.42 Å². The molecule has 1 aliphatic carbocycles. The normalized spacial score (nSPS) is 20.9. The van der Waals surface area contributed by atoms with Crippen LogP contribution in [0.1, 0.15) is 43.7 Å². The van der Waals surface area contributed by atoms with Gasteiger partial charge in [0.15, 0.2) is 5.65 Å². The van der Waals surface area contributed by atoms with Gasteiger partial charge in [-0.15, -0.1) is 0 Å². The molecule has 6 rings (SSSR count). The van der Waals surface area contributed by atoms with Crippen molar-refractivity contribution in [2.45, 2.75) is 55.9 Å². The number of nitrogens with zero attached hydrogens (tertiary/aromatic N) is 3. The van der Waals surface area contributed by atoms with Crippen molar-refractivity contribution in [3.05, 3.63) is 65.9 Å². The number of sulfonamides is 1. The Bertz CT molecular complexity index is 1540. The lowest BCUT2D eigenvalue weighted by atomic mass is 9.90. The van der Waals surface area contributed by atoms with Crippen LogP contribution in [-0.2, 0) is 22.9 Å². The Kier molecular flexibility index (Phi) is 5.70. The van der Waals surface area contributed by atoms with Crippen molar-refractivity contribution in [1.29, 1.82) is 0 Å². The van der Waals surface area contributed by atoms with Crippen molar-refractivity contribution in [3.63, 3.8) is 0 Å². The lowest BCUT2D eigenvalue weighted by Gasteiger charge is -2.38. The van der Waals surface area contributed by atoms with Crippen LogP contribution in [0.25, 0.3) is 33.4 Å². The monoisotopic (exact) mass is 501 g/mol. The lowest BCUT2D eigenvalue weighted by Crippen LogP contribution is -2.44. The second-order valence-electron chi connectivity index (χ2n) is 10.4. The summed E-state index contributed by atoms with van der Waals surface area (Å²) in [5.74, 6) is 0. The van der Waals surface area contributed by atoms with E-state index in [-0.39, 0.29) is 4.90 Å². The van der Waals surface area contributed by atoms with Crippen LogP contribution in [0.3, 0.4) is 0 Å². The first-order valence-electron chi connectivity index (χ1n) is 12.6. The number of fused-ring (bicyclic) bond motifs is 2. The smallest absolute Gasteiger partial charge is 0.238 e. The van der Waals surface area contributed by atoms with Gasteiger partial charge in [-0.2, -0.15) is 5.10 Å². The Morgan fingerprint density at radius 3 is 2.33 bits per heavy atom. The third-order valence-corrected chi connectivity index (χ3v) is 9.09. The molecule has 1 fully saturated rings. The molecule has 2 aromatic carbocycles.